The Labute approximate surface area is 217 Å². The third-order valence-electron chi connectivity index (χ3n) is 7.23. The fourth-order valence-corrected chi connectivity index (χ4v) is 5.10. The fraction of sp³-hybridized carbons (Fsp3) is 0.406. The molecule has 0 atom stereocenters. The molecule has 0 saturated carbocycles. The van der Waals surface area contributed by atoms with Crippen molar-refractivity contribution in [2.45, 2.75) is 52.9 Å². The van der Waals surface area contributed by atoms with Gasteiger partial charge in [-0.15, -0.1) is 0 Å². The minimum Gasteiger partial charge on any atom is -0.369 e. The van der Waals surface area contributed by atoms with Crippen molar-refractivity contribution in [3.8, 4) is 11.1 Å². The Balaban J connectivity index is 1.53. The van der Waals surface area contributed by atoms with E-state index in [0.717, 1.165) is 48.6 Å². The first kappa shape index (κ1) is 26.0. The molecular formula is C32H41N3O. The molecule has 1 N–H and O–H groups in total. The molecule has 3 aromatic rings. The molecule has 1 saturated heterocycles. The Morgan fingerprint density at radius 2 is 1.50 bits per heavy atom. The maximum atomic E-state index is 13.5. The van der Waals surface area contributed by atoms with Gasteiger partial charge in [-0.2, -0.15) is 0 Å². The number of nitrogens with one attached hydrogen (secondary N) is 1. The molecule has 0 spiro atoms. The molecule has 1 heterocycles. The Kier molecular flexibility index (Phi) is 8.48. The number of piperazine rings is 1. The summed E-state index contributed by atoms with van der Waals surface area (Å²) in [6.07, 6.45) is 1.21. The molecule has 1 amide bonds. The summed E-state index contributed by atoms with van der Waals surface area (Å²) in [5, 5.41) is 3.15. The van der Waals surface area contributed by atoms with E-state index in [1.807, 2.05) is 24.3 Å². The minimum atomic E-state index is -0.0682. The van der Waals surface area contributed by atoms with Crippen LogP contribution in [0, 0.1) is 0 Å². The smallest absolute Gasteiger partial charge is 0.256 e. The zero-order valence-electron chi connectivity index (χ0n) is 22.6. The molecule has 4 rings (SSSR count). The first-order valence-electron chi connectivity index (χ1n) is 13.5. The second kappa shape index (κ2) is 11.7. The van der Waals surface area contributed by atoms with Crippen molar-refractivity contribution in [1.82, 2.24) is 4.90 Å². The third kappa shape index (κ3) is 5.99. The van der Waals surface area contributed by atoms with Crippen molar-refractivity contribution in [2.75, 3.05) is 42.9 Å². The van der Waals surface area contributed by atoms with Gasteiger partial charge in [-0.05, 0) is 77.4 Å². The quantitative estimate of drug-likeness (QED) is 0.363. The van der Waals surface area contributed by atoms with E-state index in [4.69, 9.17) is 0 Å². The van der Waals surface area contributed by atoms with E-state index >= 15 is 0 Å². The van der Waals surface area contributed by atoms with Crippen LogP contribution in [0.2, 0.25) is 0 Å². The lowest BCUT2D eigenvalue weighted by Gasteiger charge is -2.36. The molecule has 4 nitrogen and oxygen atoms in total. The number of hydrogen-bond acceptors (Lipinski definition) is 3. The van der Waals surface area contributed by atoms with Gasteiger partial charge < -0.3 is 10.2 Å². The maximum Gasteiger partial charge on any atom is 0.256 e. The molecule has 0 unspecified atom stereocenters. The van der Waals surface area contributed by atoms with Crippen molar-refractivity contribution in [3.05, 3.63) is 83.4 Å². The summed E-state index contributed by atoms with van der Waals surface area (Å²) < 4.78 is 0. The highest BCUT2D eigenvalue weighted by Crippen LogP contribution is 2.34. The van der Waals surface area contributed by atoms with Gasteiger partial charge in [-0.1, -0.05) is 71.0 Å². The van der Waals surface area contributed by atoms with E-state index in [9.17, 15) is 4.79 Å². The summed E-state index contributed by atoms with van der Waals surface area (Å²) in [6, 6.07) is 23.0. The van der Waals surface area contributed by atoms with Gasteiger partial charge in [-0.3, -0.25) is 9.69 Å². The van der Waals surface area contributed by atoms with Crippen LogP contribution in [0.25, 0.3) is 11.1 Å². The van der Waals surface area contributed by atoms with E-state index in [0.29, 0.717) is 11.8 Å². The highest BCUT2D eigenvalue weighted by molar-refractivity contribution is 6.09. The summed E-state index contributed by atoms with van der Waals surface area (Å²) in [7, 11) is 0. The molecule has 1 aliphatic rings. The number of hydrogen-bond donors (Lipinski definition) is 1. The molecule has 190 valence electrons. The van der Waals surface area contributed by atoms with Crippen LogP contribution in [-0.4, -0.2) is 43.5 Å². The van der Waals surface area contributed by atoms with E-state index < -0.39 is 0 Å². The average Bonchev–Trinajstić information content (AvgIpc) is 2.89. The van der Waals surface area contributed by atoms with Crippen LogP contribution in [0.4, 0.5) is 11.4 Å². The van der Waals surface area contributed by atoms with Crippen LogP contribution in [-0.2, 0) is 0 Å². The van der Waals surface area contributed by atoms with Gasteiger partial charge in [-0.25, -0.2) is 0 Å². The first-order chi connectivity index (χ1) is 17.4. The predicted molar refractivity (Wildman–Crippen MR) is 153 cm³/mol. The lowest BCUT2D eigenvalue weighted by Crippen LogP contribution is -2.46. The van der Waals surface area contributed by atoms with E-state index in [2.05, 4.69) is 92.2 Å². The van der Waals surface area contributed by atoms with Crippen LogP contribution < -0.4 is 10.2 Å². The lowest BCUT2D eigenvalue weighted by molar-refractivity contribution is 0.102. The molecular weight excluding hydrogens is 442 g/mol. The summed E-state index contributed by atoms with van der Waals surface area (Å²) in [5.74, 6) is 0.723. The van der Waals surface area contributed by atoms with Crippen LogP contribution >= 0.6 is 0 Å². The second-order valence-electron chi connectivity index (χ2n) is 10.5. The van der Waals surface area contributed by atoms with Crippen molar-refractivity contribution in [1.29, 1.82) is 0 Å². The van der Waals surface area contributed by atoms with Gasteiger partial charge in [0.05, 0.1) is 0 Å². The number of rotatable bonds is 8. The molecule has 36 heavy (non-hydrogen) atoms. The van der Waals surface area contributed by atoms with Crippen molar-refractivity contribution < 1.29 is 4.79 Å². The lowest BCUT2D eigenvalue weighted by atomic mass is 9.87. The van der Waals surface area contributed by atoms with Crippen LogP contribution in [0.3, 0.4) is 0 Å². The van der Waals surface area contributed by atoms with Gasteiger partial charge in [0.2, 0.25) is 0 Å². The molecule has 0 aliphatic carbocycles. The van der Waals surface area contributed by atoms with E-state index in [1.54, 1.807) is 0 Å². The highest BCUT2D eigenvalue weighted by Gasteiger charge is 2.20. The van der Waals surface area contributed by atoms with Crippen molar-refractivity contribution in [2.24, 2.45) is 0 Å². The summed E-state index contributed by atoms with van der Waals surface area (Å²) >= 11 is 0. The zero-order chi connectivity index (χ0) is 25.7. The van der Waals surface area contributed by atoms with Crippen LogP contribution in [0.5, 0.6) is 0 Å². The number of carbonyl (C=O) groups is 1. The number of benzene rings is 3. The predicted octanol–water partition coefficient (Wildman–Crippen LogP) is 7.38. The molecule has 4 heteroatoms. The Morgan fingerprint density at radius 1 is 0.833 bits per heavy atom. The Hall–Kier alpha value is -3.11. The molecule has 3 aromatic carbocycles. The van der Waals surface area contributed by atoms with Crippen LogP contribution in [0.15, 0.2) is 66.7 Å². The Morgan fingerprint density at radius 3 is 2.08 bits per heavy atom. The topological polar surface area (TPSA) is 35.6 Å². The summed E-state index contributed by atoms with van der Waals surface area (Å²) in [4.78, 5) is 18.5. The Bertz CT molecular complexity index is 1140. The molecule has 1 aliphatic heterocycles. The maximum absolute atomic E-state index is 13.5. The van der Waals surface area contributed by atoms with Gasteiger partial charge in [0.1, 0.15) is 0 Å². The third-order valence-corrected chi connectivity index (χ3v) is 7.23. The van der Waals surface area contributed by atoms with Gasteiger partial charge in [0.25, 0.3) is 5.91 Å². The normalized spacial score (nSPS) is 14.5. The number of carbonyl (C=O) groups excluding carboxylic acids is 1. The van der Waals surface area contributed by atoms with Gasteiger partial charge in [0, 0.05) is 43.1 Å². The van der Waals surface area contributed by atoms with Crippen molar-refractivity contribution >= 4 is 17.3 Å². The minimum absolute atomic E-state index is 0.0682. The standard InChI is InChI=1S/C32H41N3O/c1-6-18-34-19-21-35(22-20-34)28-16-14-27(15-17-28)33-32(36)30-9-7-8-29(24(4)5)31(30)26-12-10-25(11-13-26)23(2)3/h7-17,23-24H,6,18-22H2,1-5H3,(H,33,36). The average molecular weight is 484 g/mol. The summed E-state index contributed by atoms with van der Waals surface area (Å²) in [5.41, 5.74) is 7.38. The van der Waals surface area contributed by atoms with Crippen molar-refractivity contribution in [3.63, 3.8) is 0 Å². The van der Waals surface area contributed by atoms with Gasteiger partial charge in [0.15, 0.2) is 0 Å². The second-order valence-corrected chi connectivity index (χ2v) is 10.5. The SMILES string of the molecule is CCCN1CCN(c2ccc(NC(=O)c3cccc(C(C)C)c3-c3ccc(C(C)C)cc3)cc2)CC1. The molecule has 0 aromatic heterocycles. The number of anilines is 2. The largest absolute Gasteiger partial charge is 0.369 e. The molecule has 0 bridgehead atoms. The van der Waals surface area contributed by atoms with Crippen LogP contribution in [0.1, 0.15) is 74.4 Å². The van der Waals surface area contributed by atoms with Gasteiger partial charge >= 0.3 is 0 Å². The monoisotopic (exact) mass is 483 g/mol. The highest BCUT2D eigenvalue weighted by atomic mass is 16.1. The molecule has 0 radical (unpaired) electrons. The van der Waals surface area contributed by atoms with E-state index in [1.165, 1.54) is 29.8 Å². The number of nitrogens with zero attached hydrogens (tertiary/aromatic N) is 2. The first-order valence-corrected chi connectivity index (χ1v) is 13.5. The van der Waals surface area contributed by atoms with E-state index in [-0.39, 0.29) is 5.91 Å². The number of amides is 1. The molecule has 1 fully saturated rings. The zero-order valence-corrected chi connectivity index (χ0v) is 22.6. The fourth-order valence-electron chi connectivity index (χ4n) is 5.10. The summed E-state index contributed by atoms with van der Waals surface area (Å²) in [6.45, 7) is 16.5.